The largest absolute Gasteiger partial charge is 0.494 e. The van der Waals surface area contributed by atoms with Crippen LogP contribution in [-0.4, -0.2) is 33.9 Å². The van der Waals surface area contributed by atoms with E-state index in [1.807, 2.05) is 80.6 Å². The Kier molecular flexibility index (Phi) is 9.37. The van der Waals surface area contributed by atoms with Gasteiger partial charge in [-0.2, -0.15) is 9.67 Å². The molecule has 0 atom stereocenters. The number of benzene rings is 3. The first-order chi connectivity index (χ1) is 18.6. The highest BCUT2D eigenvalue weighted by Gasteiger charge is 2.15. The normalized spacial score (nSPS) is 10.9. The number of rotatable bonds is 12. The summed E-state index contributed by atoms with van der Waals surface area (Å²) in [6.45, 7) is 6.05. The van der Waals surface area contributed by atoms with Crippen molar-refractivity contribution in [3.63, 3.8) is 0 Å². The second-order valence-electron chi connectivity index (χ2n) is 8.22. The number of nitrogens with zero attached hydrogens (tertiary/aromatic N) is 3. The molecule has 4 aromatic rings. The van der Waals surface area contributed by atoms with Crippen molar-refractivity contribution in [1.82, 2.24) is 14.8 Å². The summed E-state index contributed by atoms with van der Waals surface area (Å²) in [7, 11) is 0. The smallest absolute Gasteiger partial charge is 0.274 e. The van der Waals surface area contributed by atoms with Crippen LogP contribution in [0.15, 0.2) is 78.9 Å². The second kappa shape index (κ2) is 13.3. The van der Waals surface area contributed by atoms with Gasteiger partial charge in [-0.3, -0.25) is 4.79 Å². The molecule has 1 heterocycles. The summed E-state index contributed by atoms with van der Waals surface area (Å²) in [5.41, 5.74) is 2.77. The van der Waals surface area contributed by atoms with Crippen molar-refractivity contribution in [2.75, 3.05) is 23.8 Å². The van der Waals surface area contributed by atoms with Crippen molar-refractivity contribution in [2.45, 2.75) is 26.9 Å². The van der Waals surface area contributed by atoms with E-state index in [-0.39, 0.29) is 5.91 Å². The van der Waals surface area contributed by atoms with Crippen molar-refractivity contribution in [3.05, 3.63) is 101 Å². The molecule has 38 heavy (non-hydrogen) atoms. The SMILES string of the molecule is CCOc1ccc(CNc2nc(NCc3ccc(OCC)cc3)n(C(=O)C=Cc3ccccc3Cl)n2)cc1. The molecular formula is C29H30ClN5O3. The van der Waals surface area contributed by atoms with Crippen molar-refractivity contribution in [2.24, 2.45) is 0 Å². The lowest BCUT2D eigenvalue weighted by Gasteiger charge is -2.07. The zero-order valence-corrected chi connectivity index (χ0v) is 22.1. The minimum atomic E-state index is -0.360. The average Bonchev–Trinajstić information content (AvgIpc) is 3.35. The molecule has 0 radical (unpaired) electrons. The lowest BCUT2D eigenvalue weighted by molar-refractivity contribution is 0.0957. The zero-order chi connectivity index (χ0) is 26.7. The highest BCUT2D eigenvalue weighted by molar-refractivity contribution is 6.32. The maximum absolute atomic E-state index is 13.1. The highest BCUT2D eigenvalue weighted by atomic mass is 35.5. The third-order valence-corrected chi connectivity index (χ3v) is 5.84. The molecule has 0 saturated heterocycles. The number of anilines is 2. The van der Waals surface area contributed by atoms with Crippen LogP contribution >= 0.6 is 11.6 Å². The number of carbonyl (C=O) groups excluding carboxylic acids is 1. The molecular weight excluding hydrogens is 502 g/mol. The molecule has 0 fully saturated rings. The molecule has 3 aromatic carbocycles. The van der Waals surface area contributed by atoms with Crippen LogP contribution in [0.4, 0.5) is 11.9 Å². The van der Waals surface area contributed by atoms with Crippen molar-refractivity contribution in [1.29, 1.82) is 0 Å². The van der Waals surface area contributed by atoms with Crippen molar-refractivity contribution in [3.8, 4) is 11.5 Å². The lowest BCUT2D eigenvalue weighted by atomic mass is 10.2. The van der Waals surface area contributed by atoms with E-state index < -0.39 is 0 Å². The summed E-state index contributed by atoms with van der Waals surface area (Å²) < 4.78 is 12.2. The number of hydrogen-bond donors (Lipinski definition) is 2. The topological polar surface area (TPSA) is 90.3 Å². The van der Waals surface area contributed by atoms with Crippen LogP contribution in [0.5, 0.6) is 11.5 Å². The third kappa shape index (κ3) is 7.36. The van der Waals surface area contributed by atoms with Crippen LogP contribution in [0.1, 0.15) is 35.3 Å². The molecule has 196 valence electrons. The summed E-state index contributed by atoms with van der Waals surface area (Å²) in [6.07, 6.45) is 3.09. The number of hydrogen-bond acceptors (Lipinski definition) is 7. The number of allylic oxidation sites excluding steroid dienone is 1. The van der Waals surface area contributed by atoms with Crippen LogP contribution in [-0.2, 0) is 13.1 Å². The Morgan fingerprint density at radius 1 is 0.868 bits per heavy atom. The van der Waals surface area contributed by atoms with Gasteiger partial charge >= 0.3 is 0 Å². The average molecular weight is 532 g/mol. The van der Waals surface area contributed by atoms with E-state index in [4.69, 9.17) is 21.1 Å². The van der Waals surface area contributed by atoms with Crippen LogP contribution in [0.2, 0.25) is 5.02 Å². The number of ether oxygens (including phenoxy) is 2. The predicted octanol–water partition coefficient (Wildman–Crippen LogP) is 6.31. The van der Waals surface area contributed by atoms with Gasteiger partial charge in [-0.1, -0.05) is 54.1 Å². The Hall–Kier alpha value is -4.30. The fourth-order valence-electron chi connectivity index (χ4n) is 3.60. The maximum Gasteiger partial charge on any atom is 0.274 e. The van der Waals surface area contributed by atoms with E-state index in [2.05, 4.69) is 20.7 Å². The number of aromatic nitrogens is 3. The second-order valence-corrected chi connectivity index (χ2v) is 8.63. The number of nitrogens with one attached hydrogen (secondary N) is 2. The van der Waals surface area contributed by atoms with E-state index >= 15 is 0 Å². The van der Waals surface area contributed by atoms with Crippen molar-refractivity contribution >= 4 is 35.5 Å². The molecule has 0 amide bonds. The first-order valence-corrected chi connectivity index (χ1v) is 12.8. The summed E-state index contributed by atoms with van der Waals surface area (Å²) in [5, 5.41) is 11.4. The molecule has 0 aliphatic heterocycles. The van der Waals surface area contributed by atoms with E-state index in [1.54, 1.807) is 12.1 Å². The van der Waals surface area contributed by atoms with Gasteiger partial charge in [-0.25, -0.2) is 0 Å². The molecule has 0 bridgehead atoms. The molecule has 1 aromatic heterocycles. The van der Waals surface area contributed by atoms with E-state index in [1.165, 1.54) is 10.8 Å². The van der Waals surface area contributed by atoms with Crippen LogP contribution in [0.3, 0.4) is 0 Å². The van der Waals surface area contributed by atoms with Gasteiger partial charge in [0.05, 0.1) is 13.2 Å². The third-order valence-electron chi connectivity index (χ3n) is 5.50. The van der Waals surface area contributed by atoms with Gasteiger partial charge in [0.1, 0.15) is 11.5 Å². The van der Waals surface area contributed by atoms with E-state index in [0.29, 0.717) is 43.2 Å². The Morgan fingerprint density at radius 2 is 1.45 bits per heavy atom. The van der Waals surface area contributed by atoms with E-state index in [0.717, 1.165) is 28.2 Å². The summed E-state index contributed by atoms with van der Waals surface area (Å²) in [4.78, 5) is 17.6. The van der Waals surface area contributed by atoms with Gasteiger partial charge in [-0.05, 0) is 66.9 Å². The maximum atomic E-state index is 13.1. The van der Waals surface area contributed by atoms with Gasteiger partial charge in [0.2, 0.25) is 11.9 Å². The van der Waals surface area contributed by atoms with Crippen molar-refractivity contribution < 1.29 is 14.3 Å². The van der Waals surface area contributed by atoms with Gasteiger partial charge in [-0.15, -0.1) is 5.10 Å². The van der Waals surface area contributed by atoms with Gasteiger partial charge in [0.25, 0.3) is 5.91 Å². The lowest BCUT2D eigenvalue weighted by Crippen LogP contribution is -2.14. The molecule has 8 nitrogen and oxygen atoms in total. The molecule has 9 heteroatoms. The predicted molar refractivity (Wildman–Crippen MR) is 151 cm³/mol. The number of carbonyl (C=O) groups is 1. The minimum absolute atomic E-state index is 0.321. The molecule has 0 unspecified atom stereocenters. The molecule has 0 aliphatic carbocycles. The molecule has 4 rings (SSSR count). The first kappa shape index (κ1) is 26.8. The minimum Gasteiger partial charge on any atom is -0.494 e. The number of halogens is 1. The van der Waals surface area contributed by atoms with Gasteiger partial charge in [0, 0.05) is 24.2 Å². The quantitative estimate of drug-likeness (QED) is 0.207. The highest BCUT2D eigenvalue weighted by Crippen LogP contribution is 2.19. The summed E-state index contributed by atoms with van der Waals surface area (Å²) in [6, 6.07) is 22.8. The van der Waals surface area contributed by atoms with Crippen LogP contribution in [0, 0.1) is 0 Å². The molecule has 2 N–H and O–H groups in total. The first-order valence-electron chi connectivity index (χ1n) is 12.4. The van der Waals surface area contributed by atoms with Crippen LogP contribution in [0.25, 0.3) is 6.08 Å². The summed E-state index contributed by atoms with van der Waals surface area (Å²) >= 11 is 6.23. The monoisotopic (exact) mass is 531 g/mol. The Labute approximate surface area is 227 Å². The fraction of sp³-hybridized carbons (Fsp3) is 0.207. The zero-order valence-electron chi connectivity index (χ0n) is 21.4. The van der Waals surface area contributed by atoms with E-state index in [9.17, 15) is 4.79 Å². The Morgan fingerprint density at radius 3 is 2.03 bits per heavy atom. The van der Waals surface area contributed by atoms with Crippen LogP contribution < -0.4 is 20.1 Å². The Bertz CT molecular complexity index is 1370. The van der Waals surface area contributed by atoms with Gasteiger partial charge < -0.3 is 20.1 Å². The fourth-order valence-corrected chi connectivity index (χ4v) is 3.80. The summed E-state index contributed by atoms with van der Waals surface area (Å²) in [5.74, 6) is 1.91. The van der Waals surface area contributed by atoms with Gasteiger partial charge in [0.15, 0.2) is 0 Å². The standard InChI is InChI=1S/C29H30ClN5O3/c1-3-37-24-14-9-21(10-15-24)19-31-28-33-29(32-20-22-11-16-25(17-12-22)38-4-2)35(34-28)27(36)18-13-23-7-5-6-8-26(23)30/h5-18H,3-4,19-20H2,1-2H3,(H2,31,32,33,34). The molecule has 0 spiro atoms. The molecule has 0 saturated carbocycles. The molecule has 0 aliphatic rings. The Balaban J connectivity index is 1.50.